The van der Waals surface area contributed by atoms with Crippen LogP contribution >= 0.6 is 0 Å². The van der Waals surface area contributed by atoms with Gasteiger partial charge in [0.1, 0.15) is 5.75 Å². The highest BCUT2D eigenvalue weighted by Gasteiger charge is 2.04. The summed E-state index contributed by atoms with van der Waals surface area (Å²) in [5, 5.41) is 11.8. The van der Waals surface area contributed by atoms with Crippen molar-refractivity contribution in [3.05, 3.63) is 29.3 Å². The van der Waals surface area contributed by atoms with E-state index in [1.54, 1.807) is 7.11 Å². The Hall–Kier alpha value is -1.06. The van der Waals surface area contributed by atoms with E-state index >= 15 is 0 Å². The molecule has 0 aliphatic carbocycles. The van der Waals surface area contributed by atoms with Gasteiger partial charge >= 0.3 is 0 Å². The minimum Gasteiger partial charge on any atom is -0.496 e. The normalized spacial score (nSPS) is 10.2. The molecule has 0 unspecified atom stereocenters. The van der Waals surface area contributed by atoms with E-state index in [9.17, 15) is 0 Å². The van der Waals surface area contributed by atoms with E-state index < -0.39 is 0 Å². The second kappa shape index (κ2) is 5.62. The van der Waals surface area contributed by atoms with Gasteiger partial charge in [-0.2, -0.15) is 0 Å². The van der Waals surface area contributed by atoms with E-state index in [1.807, 2.05) is 25.1 Å². The molecule has 0 radical (unpaired) electrons. The van der Waals surface area contributed by atoms with Gasteiger partial charge in [-0.15, -0.1) is 0 Å². The van der Waals surface area contributed by atoms with Crippen LogP contribution in [0.2, 0.25) is 0 Å². The summed E-state index contributed by atoms with van der Waals surface area (Å²) >= 11 is 0. The van der Waals surface area contributed by atoms with Crippen molar-refractivity contribution in [1.82, 2.24) is 5.32 Å². The zero-order valence-corrected chi connectivity index (χ0v) is 8.71. The van der Waals surface area contributed by atoms with Crippen molar-refractivity contribution in [3.63, 3.8) is 0 Å². The van der Waals surface area contributed by atoms with Crippen molar-refractivity contribution in [1.29, 1.82) is 0 Å². The molecule has 0 aliphatic rings. The molecule has 2 N–H and O–H groups in total. The fourth-order valence-corrected chi connectivity index (χ4v) is 1.45. The zero-order valence-electron chi connectivity index (χ0n) is 8.71. The average molecular weight is 195 g/mol. The van der Waals surface area contributed by atoms with Crippen LogP contribution in [0.1, 0.15) is 11.1 Å². The Morgan fingerprint density at radius 1 is 1.43 bits per heavy atom. The number of methoxy groups -OCH3 is 1. The maximum Gasteiger partial charge on any atom is 0.126 e. The number of hydrogen-bond donors (Lipinski definition) is 2. The van der Waals surface area contributed by atoms with E-state index in [0.717, 1.165) is 23.4 Å². The van der Waals surface area contributed by atoms with Crippen molar-refractivity contribution in [3.8, 4) is 5.75 Å². The summed E-state index contributed by atoms with van der Waals surface area (Å²) in [6, 6.07) is 6.05. The molecule has 0 heterocycles. The summed E-state index contributed by atoms with van der Waals surface area (Å²) in [6.07, 6.45) is 0. The third-order valence-corrected chi connectivity index (χ3v) is 2.10. The fourth-order valence-electron chi connectivity index (χ4n) is 1.45. The molecule has 0 fully saturated rings. The first-order valence-corrected chi connectivity index (χ1v) is 4.73. The molecular formula is C11H17NO2. The third-order valence-electron chi connectivity index (χ3n) is 2.10. The van der Waals surface area contributed by atoms with Crippen LogP contribution in [0, 0.1) is 6.92 Å². The van der Waals surface area contributed by atoms with Crippen molar-refractivity contribution in [2.24, 2.45) is 0 Å². The molecule has 0 saturated carbocycles. The van der Waals surface area contributed by atoms with Gasteiger partial charge < -0.3 is 15.2 Å². The second-order valence-electron chi connectivity index (χ2n) is 3.17. The lowest BCUT2D eigenvalue weighted by Gasteiger charge is -2.11. The Balaban J connectivity index is 2.70. The van der Waals surface area contributed by atoms with Crippen LogP contribution in [-0.4, -0.2) is 25.4 Å². The van der Waals surface area contributed by atoms with E-state index in [2.05, 4.69) is 5.32 Å². The standard InChI is InChI=1S/C11H17NO2/c1-9-4-3-5-10(11(9)14-2)8-12-6-7-13/h3-5,12-13H,6-8H2,1-2H3. The summed E-state index contributed by atoms with van der Waals surface area (Å²) in [4.78, 5) is 0. The van der Waals surface area contributed by atoms with Crippen LogP contribution in [0.25, 0.3) is 0 Å². The predicted molar refractivity (Wildman–Crippen MR) is 56.5 cm³/mol. The van der Waals surface area contributed by atoms with Gasteiger partial charge in [0.25, 0.3) is 0 Å². The Kier molecular flexibility index (Phi) is 4.43. The number of aliphatic hydroxyl groups is 1. The highest BCUT2D eigenvalue weighted by Crippen LogP contribution is 2.22. The first-order chi connectivity index (χ1) is 6.79. The summed E-state index contributed by atoms with van der Waals surface area (Å²) in [5.74, 6) is 0.929. The summed E-state index contributed by atoms with van der Waals surface area (Å²) < 4.78 is 5.30. The molecule has 1 aromatic carbocycles. The van der Waals surface area contributed by atoms with Crippen molar-refractivity contribution < 1.29 is 9.84 Å². The van der Waals surface area contributed by atoms with Crippen LogP contribution in [0.15, 0.2) is 18.2 Å². The number of hydrogen-bond acceptors (Lipinski definition) is 3. The Morgan fingerprint density at radius 3 is 2.86 bits per heavy atom. The lowest BCUT2D eigenvalue weighted by molar-refractivity contribution is 0.291. The van der Waals surface area contributed by atoms with Gasteiger partial charge in [0.15, 0.2) is 0 Å². The summed E-state index contributed by atoms with van der Waals surface area (Å²) in [6.45, 7) is 3.52. The lowest BCUT2D eigenvalue weighted by atomic mass is 10.1. The van der Waals surface area contributed by atoms with Gasteiger partial charge in [-0.05, 0) is 12.5 Å². The van der Waals surface area contributed by atoms with Crippen LogP contribution in [0.5, 0.6) is 5.75 Å². The number of aliphatic hydroxyl groups excluding tert-OH is 1. The summed E-state index contributed by atoms with van der Waals surface area (Å²) in [5.41, 5.74) is 2.26. The van der Waals surface area contributed by atoms with Gasteiger partial charge in [-0.3, -0.25) is 0 Å². The van der Waals surface area contributed by atoms with Gasteiger partial charge in [0, 0.05) is 18.7 Å². The quantitative estimate of drug-likeness (QED) is 0.691. The Labute approximate surface area is 84.7 Å². The Morgan fingerprint density at radius 2 is 2.21 bits per heavy atom. The smallest absolute Gasteiger partial charge is 0.126 e. The number of ether oxygens (including phenoxy) is 1. The topological polar surface area (TPSA) is 41.5 Å². The van der Waals surface area contributed by atoms with Gasteiger partial charge in [0.2, 0.25) is 0 Å². The molecule has 0 saturated heterocycles. The van der Waals surface area contributed by atoms with Crippen molar-refractivity contribution in [2.45, 2.75) is 13.5 Å². The van der Waals surface area contributed by atoms with E-state index in [4.69, 9.17) is 9.84 Å². The number of nitrogens with one attached hydrogen (secondary N) is 1. The maximum absolute atomic E-state index is 8.63. The molecule has 0 aliphatic heterocycles. The van der Waals surface area contributed by atoms with Gasteiger partial charge in [-0.1, -0.05) is 18.2 Å². The third kappa shape index (κ3) is 2.72. The van der Waals surface area contributed by atoms with Crippen LogP contribution in [-0.2, 0) is 6.54 Å². The largest absolute Gasteiger partial charge is 0.496 e. The highest BCUT2D eigenvalue weighted by atomic mass is 16.5. The molecule has 78 valence electrons. The minimum atomic E-state index is 0.161. The van der Waals surface area contributed by atoms with E-state index in [0.29, 0.717) is 6.54 Å². The molecule has 3 nitrogen and oxygen atoms in total. The van der Waals surface area contributed by atoms with E-state index in [1.165, 1.54) is 0 Å². The SMILES string of the molecule is COc1c(C)cccc1CNCCO. The first kappa shape index (κ1) is 11.0. The van der Waals surface area contributed by atoms with Gasteiger partial charge in [-0.25, -0.2) is 0 Å². The molecule has 1 rings (SSSR count). The summed E-state index contributed by atoms with van der Waals surface area (Å²) in [7, 11) is 1.68. The molecule has 14 heavy (non-hydrogen) atoms. The number of para-hydroxylation sites is 1. The molecule has 3 heteroatoms. The lowest BCUT2D eigenvalue weighted by Crippen LogP contribution is -2.18. The fraction of sp³-hybridized carbons (Fsp3) is 0.455. The van der Waals surface area contributed by atoms with Crippen molar-refractivity contribution in [2.75, 3.05) is 20.3 Å². The highest BCUT2D eigenvalue weighted by molar-refractivity contribution is 5.40. The molecular weight excluding hydrogens is 178 g/mol. The minimum absolute atomic E-state index is 0.161. The Bertz CT molecular complexity index is 287. The first-order valence-electron chi connectivity index (χ1n) is 4.73. The van der Waals surface area contributed by atoms with Crippen molar-refractivity contribution >= 4 is 0 Å². The van der Waals surface area contributed by atoms with Gasteiger partial charge in [0.05, 0.1) is 13.7 Å². The predicted octanol–water partition coefficient (Wildman–Crippen LogP) is 1.09. The molecule has 0 amide bonds. The number of benzene rings is 1. The van der Waals surface area contributed by atoms with Crippen LogP contribution in [0.4, 0.5) is 0 Å². The second-order valence-corrected chi connectivity index (χ2v) is 3.17. The average Bonchev–Trinajstić information content (AvgIpc) is 2.18. The molecule has 0 bridgehead atoms. The molecule has 0 atom stereocenters. The molecule has 1 aromatic rings. The monoisotopic (exact) mass is 195 g/mol. The molecule has 0 aromatic heterocycles. The van der Waals surface area contributed by atoms with Crippen LogP contribution in [0.3, 0.4) is 0 Å². The van der Waals surface area contributed by atoms with E-state index in [-0.39, 0.29) is 6.61 Å². The zero-order chi connectivity index (χ0) is 10.4. The number of rotatable bonds is 5. The molecule has 0 spiro atoms. The van der Waals surface area contributed by atoms with Crippen LogP contribution < -0.4 is 10.1 Å². The number of aryl methyl sites for hydroxylation is 1. The maximum atomic E-state index is 8.63.